The van der Waals surface area contributed by atoms with Crippen LogP contribution in [0.15, 0.2) is 71.8 Å². The van der Waals surface area contributed by atoms with Crippen molar-refractivity contribution in [3.8, 4) is 11.3 Å². The first-order chi connectivity index (χ1) is 16.9. The summed E-state index contributed by atoms with van der Waals surface area (Å²) in [7, 11) is 0. The average Bonchev–Trinajstić information content (AvgIpc) is 3.41. The topological polar surface area (TPSA) is 112 Å². The standard InChI is InChI=1S/C24H19FN6O4/c1-2-35-23(33)17-5-3-4-6-18(17)26-21(32)14-31-24(34)29-11-12-30-20(22(29)28-31)13-19(27-30)15-7-9-16(25)10-8-15/h3-13H,2,14H2,1H3,(H,26,32). The zero-order valence-electron chi connectivity index (χ0n) is 18.5. The van der Waals surface area contributed by atoms with E-state index in [0.29, 0.717) is 22.4 Å². The van der Waals surface area contributed by atoms with Crippen molar-refractivity contribution >= 4 is 28.7 Å². The SMILES string of the molecule is CCOC(=O)c1ccccc1NC(=O)Cn1nc2c3cc(-c4ccc(F)cc4)nn3ccn2c1=O. The van der Waals surface area contributed by atoms with E-state index in [2.05, 4.69) is 15.5 Å². The molecule has 0 bridgehead atoms. The molecule has 0 unspecified atom stereocenters. The molecule has 5 aromatic rings. The van der Waals surface area contributed by atoms with Crippen LogP contribution >= 0.6 is 0 Å². The highest BCUT2D eigenvalue weighted by atomic mass is 19.1. The number of nitrogens with zero attached hydrogens (tertiary/aromatic N) is 5. The van der Waals surface area contributed by atoms with Gasteiger partial charge in [-0.05, 0) is 49.4 Å². The minimum Gasteiger partial charge on any atom is -0.462 e. The molecule has 0 aliphatic heterocycles. The van der Waals surface area contributed by atoms with Crippen LogP contribution in [0.3, 0.4) is 0 Å². The smallest absolute Gasteiger partial charge is 0.350 e. The first-order valence-electron chi connectivity index (χ1n) is 10.7. The normalized spacial score (nSPS) is 11.1. The number of carbonyl (C=O) groups excluding carboxylic acids is 2. The van der Waals surface area contributed by atoms with E-state index in [1.807, 2.05) is 0 Å². The Balaban J connectivity index is 1.44. The quantitative estimate of drug-likeness (QED) is 0.379. The van der Waals surface area contributed by atoms with E-state index in [1.54, 1.807) is 60.1 Å². The Morgan fingerprint density at radius 2 is 1.83 bits per heavy atom. The summed E-state index contributed by atoms with van der Waals surface area (Å²) in [6.45, 7) is 1.52. The molecule has 2 aromatic carbocycles. The van der Waals surface area contributed by atoms with E-state index in [9.17, 15) is 18.8 Å². The van der Waals surface area contributed by atoms with Gasteiger partial charge in [-0.15, -0.1) is 5.10 Å². The summed E-state index contributed by atoms with van der Waals surface area (Å²) in [5, 5.41) is 11.4. The maximum atomic E-state index is 13.3. The molecule has 0 atom stereocenters. The summed E-state index contributed by atoms with van der Waals surface area (Å²) >= 11 is 0. The Labute approximate surface area is 197 Å². The van der Waals surface area contributed by atoms with Gasteiger partial charge in [0.1, 0.15) is 17.9 Å². The second kappa shape index (κ2) is 8.86. The number of hydrogen-bond acceptors (Lipinski definition) is 6. The van der Waals surface area contributed by atoms with Crippen molar-refractivity contribution in [3.05, 3.63) is 88.9 Å². The lowest BCUT2D eigenvalue weighted by atomic mass is 10.1. The highest BCUT2D eigenvalue weighted by Gasteiger charge is 2.18. The molecule has 3 heterocycles. The van der Waals surface area contributed by atoms with E-state index in [1.165, 1.54) is 22.7 Å². The zero-order valence-corrected chi connectivity index (χ0v) is 18.5. The average molecular weight is 474 g/mol. The van der Waals surface area contributed by atoms with Crippen molar-refractivity contribution < 1.29 is 18.7 Å². The van der Waals surface area contributed by atoms with Gasteiger partial charge in [0.25, 0.3) is 0 Å². The van der Waals surface area contributed by atoms with Gasteiger partial charge >= 0.3 is 11.7 Å². The van der Waals surface area contributed by atoms with Gasteiger partial charge in [0, 0.05) is 18.0 Å². The second-order valence-corrected chi connectivity index (χ2v) is 7.61. The lowest BCUT2D eigenvalue weighted by molar-refractivity contribution is -0.117. The highest BCUT2D eigenvalue weighted by Crippen LogP contribution is 2.22. The van der Waals surface area contributed by atoms with Crippen molar-refractivity contribution in [2.45, 2.75) is 13.5 Å². The Morgan fingerprint density at radius 1 is 1.06 bits per heavy atom. The van der Waals surface area contributed by atoms with Gasteiger partial charge < -0.3 is 10.1 Å². The summed E-state index contributed by atoms with van der Waals surface area (Å²) in [5.74, 6) is -1.45. The van der Waals surface area contributed by atoms with Gasteiger partial charge in [-0.3, -0.25) is 4.79 Å². The van der Waals surface area contributed by atoms with Crippen LogP contribution < -0.4 is 11.0 Å². The van der Waals surface area contributed by atoms with Crippen LogP contribution in [0.5, 0.6) is 0 Å². The first kappa shape index (κ1) is 22.0. The molecule has 1 N–H and O–H groups in total. The number of carbonyl (C=O) groups is 2. The van der Waals surface area contributed by atoms with E-state index < -0.39 is 17.6 Å². The summed E-state index contributed by atoms with van der Waals surface area (Å²) in [6.07, 6.45) is 3.10. The number of esters is 1. The van der Waals surface area contributed by atoms with Gasteiger partial charge in [-0.25, -0.2) is 27.6 Å². The third-order valence-electron chi connectivity index (χ3n) is 5.32. The molecule has 5 rings (SSSR count). The summed E-state index contributed by atoms with van der Waals surface area (Å²) in [5.41, 5.74) is 2.09. The van der Waals surface area contributed by atoms with Gasteiger partial charge in [0.15, 0.2) is 5.65 Å². The second-order valence-electron chi connectivity index (χ2n) is 7.61. The largest absolute Gasteiger partial charge is 0.462 e. The molecule has 176 valence electrons. The van der Waals surface area contributed by atoms with E-state index in [-0.39, 0.29) is 30.2 Å². The molecule has 0 fully saturated rings. The summed E-state index contributed by atoms with van der Waals surface area (Å²) in [4.78, 5) is 37.7. The number of anilines is 1. The molecule has 11 heteroatoms. The van der Waals surface area contributed by atoms with Crippen LogP contribution in [0.2, 0.25) is 0 Å². The zero-order chi connectivity index (χ0) is 24.5. The summed E-state index contributed by atoms with van der Waals surface area (Å²) < 4.78 is 22.2. The van der Waals surface area contributed by atoms with Crippen LogP contribution in [-0.2, 0) is 16.1 Å². The van der Waals surface area contributed by atoms with Crippen LogP contribution in [0.1, 0.15) is 17.3 Å². The van der Waals surface area contributed by atoms with Crippen LogP contribution in [0, 0.1) is 5.82 Å². The number of aromatic nitrogens is 5. The molecule has 0 spiro atoms. The first-order valence-corrected chi connectivity index (χ1v) is 10.7. The predicted molar refractivity (Wildman–Crippen MR) is 125 cm³/mol. The van der Waals surface area contributed by atoms with Gasteiger partial charge in [-0.2, -0.15) is 5.10 Å². The van der Waals surface area contributed by atoms with Crippen LogP contribution in [0.4, 0.5) is 10.1 Å². The van der Waals surface area contributed by atoms with Crippen molar-refractivity contribution in [1.82, 2.24) is 23.8 Å². The minimum absolute atomic E-state index is 0.198. The number of hydrogen-bond donors (Lipinski definition) is 1. The molecule has 10 nitrogen and oxygen atoms in total. The molecule has 0 aliphatic carbocycles. The molecule has 1 amide bonds. The summed E-state index contributed by atoms with van der Waals surface area (Å²) in [6, 6.07) is 14.1. The lowest BCUT2D eigenvalue weighted by Gasteiger charge is -2.10. The van der Waals surface area contributed by atoms with Crippen LogP contribution in [-0.4, -0.2) is 42.3 Å². The van der Waals surface area contributed by atoms with Crippen molar-refractivity contribution in [3.63, 3.8) is 0 Å². The molecular formula is C24H19FN6O4. The van der Waals surface area contributed by atoms with Crippen molar-refractivity contribution in [2.24, 2.45) is 0 Å². The van der Waals surface area contributed by atoms with E-state index in [4.69, 9.17) is 4.74 Å². The Bertz CT molecular complexity index is 1630. The third kappa shape index (κ3) is 4.14. The molecular weight excluding hydrogens is 455 g/mol. The fraction of sp³-hybridized carbons (Fsp3) is 0.125. The Morgan fingerprint density at radius 3 is 2.60 bits per heavy atom. The Kier molecular flexibility index (Phi) is 5.57. The number of nitrogens with one attached hydrogen (secondary N) is 1. The molecule has 0 saturated carbocycles. The maximum absolute atomic E-state index is 13.3. The third-order valence-corrected chi connectivity index (χ3v) is 5.32. The fourth-order valence-corrected chi connectivity index (χ4v) is 3.70. The number of para-hydroxylation sites is 1. The molecule has 0 aliphatic rings. The monoisotopic (exact) mass is 474 g/mol. The Hall–Kier alpha value is -4.80. The highest BCUT2D eigenvalue weighted by molar-refractivity contribution is 6.01. The van der Waals surface area contributed by atoms with E-state index >= 15 is 0 Å². The van der Waals surface area contributed by atoms with Crippen LogP contribution in [0.25, 0.3) is 22.4 Å². The van der Waals surface area contributed by atoms with Crippen molar-refractivity contribution in [2.75, 3.05) is 11.9 Å². The minimum atomic E-state index is -0.562. The maximum Gasteiger partial charge on any atom is 0.350 e. The number of amides is 1. The molecule has 3 aromatic heterocycles. The van der Waals surface area contributed by atoms with Gasteiger partial charge in [0.2, 0.25) is 5.91 Å². The number of benzene rings is 2. The molecule has 0 radical (unpaired) electrons. The van der Waals surface area contributed by atoms with Gasteiger partial charge in [0.05, 0.1) is 23.6 Å². The number of fused-ring (bicyclic) bond motifs is 3. The van der Waals surface area contributed by atoms with Crippen molar-refractivity contribution in [1.29, 1.82) is 0 Å². The fourth-order valence-electron chi connectivity index (χ4n) is 3.70. The number of ether oxygens (including phenoxy) is 1. The predicted octanol–water partition coefficient (Wildman–Crippen LogP) is 2.77. The van der Waals surface area contributed by atoms with E-state index in [0.717, 1.165) is 4.68 Å². The lowest BCUT2D eigenvalue weighted by Crippen LogP contribution is -2.28. The number of halogens is 1. The number of rotatable bonds is 6. The molecule has 0 saturated heterocycles. The van der Waals surface area contributed by atoms with Gasteiger partial charge in [-0.1, -0.05) is 12.1 Å². The molecule has 35 heavy (non-hydrogen) atoms.